The average Bonchev–Trinajstić information content (AvgIpc) is 3.05. The number of hydrogen-bond donors (Lipinski definition) is 1. The number of rotatable bonds is 5. The molecule has 11 heteroatoms. The Balaban J connectivity index is 1.66. The maximum atomic E-state index is 12.8. The van der Waals surface area contributed by atoms with Crippen LogP contribution in [0.1, 0.15) is 48.5 Å². The molecule has 1 amide bonds. The number of ether oxygens (including phenoxy) is 1. The summed E-state index contributed by atoms with van der Waals surface area (Å²) in [6.45, 7) is 3.88. The fraction of sp³-hybridized carbons (Fsp3) is 0.625. The van der Waals surface area contributed by atoms with Crippen molar-refractivity contribution >= 4 is 11.7 Å². The van der Waals surface area contributed by atoms with Crippen LogP contribution in [0.25, 0.3) is 5.78 Å². The summed E-state index contributed by atoms with van der Waals surface area (Å²) in [7, 11) is 0. The number of hydroxylamine groups is 1. The maximum absolute atomic E-state index is 12.8. The molecule has 2 aromatic rings. The summed E-state index contributed by atoms with van der Waals surface area (Å²) in [5.41, 5.74) is 3.97. The minimum Gasteiger partial charge on any atom is -0.350 e. The van der Waals surface area contributed by atoms with Gasteiger partial charge in [-0.15, -0.1) is 5.10 Å². The molecule has 0 saturated carbocycles. The number of nitrogens with zero attached hydrogens (tertiary/aromatic N) is 4. The van der Waals surface area contributed by atoms with Crippen LogP contribution in [-0.4, -0.2) is 38.4 Å². The molecule has 2 aromatic heterocycles. The standard InChI is InChI=1S/C16H20F3N5O3/c1-9-11(6-7-12(25)23-27-13-5-3-4-8-26-13)10(2)24-15(20-9)21-14(22-24)16(17,18)19/h13H,3-8H2,1-2H3,(H,23,25). The number of aryl methyl sites for hydroxylation is 2. The van der Waals surface area contributed by atoms with Gasteiger partial charge in [0.2, 0.25) is 5.91 Å². The number of hydrogen-bond acceptors (Lipinski definition) is 6. The number of carbonyl (C=O) groups is 1. The van der Waals surface area contributed by atoms with Crippen LogP contribution in [-0.2, 0) is 27.0 Å². The third-order valence-electron chi connectivity index (χ3n) is 4.35. The molecule has 0 radical (unpaired) electrons. The Labute approximate surface area is 153 Å². The van der Waals surface area contributed by atoms with Gasteiger partial charge in [-0.25, -0.2) is 19.8 Å². The largest absolute Gasteiger partial charge is 0.453 e. The van der Waals surface area contributed by atoms with Crippen LogP contribution in [0.3, 0.4) is 0 Å². The van der Waals surface area contributed by atoms with Crippen molar-refractivity contribution in [3.05, 3.63) is 22.8 Å². The van der Waals surface area contributed by atoms with Crippen LogP contribution < -0.4 is 5.48 Å². The first-order valence-electron chi connectivity index (χ1n) is 8.62. The highest BCUT2D eigenvalue weighted by Gasteiger charge is 2.37. The van der Waals surface area contributed by atoms with E-state index >= 15 is 0 Å². The van der Waals surface area contributed by atoms with Crippen LogP contribution in [0, 0.1) is 13.8 Å². The van der Waals surface area contributed by atoms with Crippen molar-refractivity contribution in [2.75, 3.05) is 6.61 Å². The number of alkyl halides is 3. The summed E-state index contributed by atoms with van der Waals surface area (Å²) in [6, 6.07) is 0. The number of fused-ring (bicyclic) bond motifs is 1. The fourth-order valence-corrected chi connectivity index (χ4v) is 2.92. The predicted molar refractivity (Wildman–Crippen MR) is 86.4 cm³/mol. The van der Waals surface area contributed by atoms with Crippen molar-refractivity contribution in [3.63, 3.8) is 0 Å². The fourth-order valence-electron chi connectivity index (χ4n) is 2.92. The molecule has 1 N–H and O–H groups in total. The van der Waals surface area contributed by atoms with Crippen LogP contribution in [0.5, 0.6) is 0 Å². The zero-order valence-electron chi connectivity index (χ0n) is 15.0. The summed E-state index contributed by atoms with van der Waals surface area (Å²) < 4.78 is 44.8. The lowest BCUT2D eigenvalue weighted by Gasteiger charge is -2.22. The van der Waals surface area contributed by atoms with Gasteiger partial charge in [0.1, 0.15) is 0 Å². The molecule has 0 aliphatic carbocycles. The van der Waals surface area contributed by atoms with E-state index in [-0.39, 0.29) is 24.5 Å². The molecule has 1 saturated heterocycles. The molecule has 1 atom stereocenters. The quantitative estimate of drug-likeness (QED) is 0.792. The first-order valence-corrected chi connectivity index (χ1v) is 8.62. The van der Waals surface area contributed by atoms with Gasteiger partial charge in [0.15, 0.2) is 6.29 Å². The molecule has 1 unspecified atom stereocenters. The highest BCUT2D eigenvalue weighted by Crippen LogP contribution is 2.27. The molecule has 1 aliphatic rings. The van der Waals surface area contributed by atoms with E-state index in [1.54, 1.807) is 13.8 Å². The van der Waals surface area contributed by atoms with Crippen LogP contribution in [0.15, 0.2) is 0 Å². The lowest BCUT2D eigenvalue weighted by molar-refractivity contribution is -0.200. The highest BCUT2D eigenvalue weighted by atomic mass is 19.4. The number of aromatic nitrogens is 4. The molecular formula is C16H20F3N5O3. The van der Waals surface area contributed by atoms with Crippen molar-refractivity contribution < 1.29 is 27.5 Å². The number of halogens is 3. The van der Waals surface area contributed by atoms with E-state index in [1.165, 1.54) is 0 Å². The zero-order valence-corrected chi connectivity index (χ0v) is 15.0. The van der Waals surface area contributed by atoms with Crippen molar-refractivity contribution in [1.29, 1.82) is 0 Å². The molecule has 148 valence electrons. The Morgan fingerprint density at radius 3 is 2.78 bits per heavy atom. The van der Waals surface area contributed by atoms with Gasteiger partial charge >= 0.3 is 6.18 Å². The summed E-state index contributed by atoms with van der Waals surface area (Å²) in [4.78, 5) is 24.7. The topological polar surface area (TPSA) is 90.6 Å². The lowest BCUT2D eigenvalue weighted by Crippen LogP contribution is -2.33. The van der Waals surface area contributed by atoms with Crippen LogP contribution >= 0.6 is 0 Å². The molecule has 1 fully saturated rings. The number of nitrogens with one attached hydrogen (secondary N) is 1. The van der Waals surface area contributed by atoms with Gasteiger partial charge in [-0.05, 0) is 38.7 Å². The van der Waals surface area contributed by atoms with Gasteiger partial charge in [-0.3, -0.25) is 4.79 Å². The van der Waals surface area contributed by atoms with Gasteiger partial charge in [-0.1, -0.05) is 0 Å². The Bertz CT molecular complexity index is 831. The summed E-state index contributed by atoms with van der Waals surface area (Å²) >= 11 is 0. The van der Waals surface area contributed by atoms with Crippen molar-refractivity contribution in [3.8, 4) is 0 Å². The van der Waals surface area contributed by atoms with E-state index in [9.17, 15) is 18.0 Å². The molecule has 8 nitrogen and oxygen atoms in total. The molecular weight excluding hydrogens is 367 g/mol. The molecule has 0 aromatic carbocycles. The van der Waals surface area contributed by atoms with E-state index in [0.29, 0.717) is 30.0 Å². The minimum atomic E-state index is -4.65. The number of amides is 1. The average molecular weight is 387 g/mol. The SMILES string of the molecule is Cc1nc2nc(C(F)(F)F)nn2c(C)c1CCC(=O)NOC1CCCCO1. The number of carbonyl (C=O) groups excluding carboxylic acids is 1. The smallest absolute Gasteiger partial charge is 0.350 e. The summed E-state index contributed by atoms with van der Waals surface area (Å²) in [5, 5.41) is 3.49. The third kappa shape index (κ3) is 4.53. The zero-order chi connectivity index (χ0) is 19.6. The third-order valence-corrected chi connectivity index (χ3v) is 4.35. The predicted octanol–water partition coefficient (Wildman–Crippen LogP) is 2.27. The first kappa shape index (κ1) is 19.5. The monoisotopic (exact) mass is 387 g/mol. The van der Waals surface area contributed by atoms with Crippen molar-refractivity contribution in [1.82, 2.24) is 25.1 Å². The Morgan fingerprint density at radius 2 is 2.11 bits per heavy atom. The minimum absolute atomic E-state index is 0.0857. The van der Waals surface area contributed by atoms with Gasteiger partial charge < -0.3 is 4.74 Å². The maximum Gasteiger partial charge on any atom is 0.453 e. The second-order valence-corrected chi connectivity index (χ2v) is 6.35. The molecule has 0 spiro atoms. The van der Waals surface area contributed by atoms with E-state index in [4.69, 9.17) is 9.57 Å². The van der Waals surface area contributed by atoms with E-state index in [1.807, 2.05) is 0 Å². The Morgan fingerprint density at radius 1 is 1.33 bits per heavy atom. The van der Waals surface area contributed by atoms with Gasteiger partial charge in [0, 0.05) is 30.8 Å². The molecule has 3 rings (SSSR count). The van der Waals surface area contributed by atoms with Crippen LogP contribution in [0.2, 0.25) is 0 Å². The second kappa shape index (κ2) is 7.77. The van der Waals surface area contributed by atoms with Gasteiger partial charge in [0.25, 0.3) is 11.6 Å². The van der Waals surface area contributed by atoms with Crippen molar-refractivity contribution in [2.24, 2.45) is 0 Å². The summed E-state index contributed by atoms with van der Waals surface area (Å²) in [5.74, 6) is -1.71. The lowest BCUT2D eigenvalue weighted by atomic mass is 10.1. The Hall–Kier alpha value is -2.27. The highest BCUT2D eigenvalue weighted by molar-refractivity contribution is 5.75. The molecule has 0 bridgehead atoms. The first-order chi connectivity index (χ1) is 12.8. The molecule has 3 heterocycles. The Kier molecular flexibility index (Phi) is 5.61. The molecule has 27 heavy (non-hydrogen) atoms. The second-order valence-electron chi connectivity index (χ2n) is 6.35. The van der Waals surface area contributed by atoms with E-state index in [2.05, 4.69) is 20.5 Å². The van der Waals surface area contributed by atoms with E-state index < -0.39 is 18.3 Å². The van der Waals surface area contributed by atoms with Gasteiger partial charge in [-0.2, -0.15) is 18.2 Å². The summed E-state index contributed by atoms with van der Waals surface area (Å²) in [6.07, 6.45) is -2.06. The van der Waals surface area contributed by atoms with Crippen LogP contribution in [0.4, 0.5) is 13.2 Å². The van der Waals surface area contributed by atoms with E-state index in [0.717, 1.165) is 17.4 Å². The normalized spacial score (nSPS) is 18.0. The van der Waals surface area contributed by atoms with Crippen molar-refractivity contribution in [2.45, 2.75) is 58.4 Å². The van der Waals surface area contributed by atoms with Gasteiger partial charge in [0.05, 0.1) is 0 Å². The molecule has 1 aliphatic heterocycles.